The van der Waals surface area contributed by atoms with Crippen LogP contribution in [-0.2, 0) is 38.3 Å². The highest BCUT2D eigenvalue weighted by atomic mass is 32.3. The van der Waals surface area contributed by atoms with Crippen LogP contribution in [0, 0.1) is 0 Å². The van der Waals surface area contributed by atoms with Crippen LogP contribution >= 0.6 is 0 Å². The molecule has 1 fully saturated rings. The van der Waals surface area contributed by atoms with Gasteiger partial charge >= 0.3 is 16.4 Å². The van der Waals surface area contributed by atoms with Crippen LogP contribution in [0.2, 0.25) is 0 Å². The van der Waals surface area contributed by atoms with Gasteiger partial charge < -0.3 is 34.3 Å². The zero-order valence-electron chi connectivity index (χ0n) is 40.3. The van der Waals surface area contributed by atoms with Gasteiger partial charge in [0.2, 0.25) is 0 Å². The molecule has 1 aliphatic rings. The minimum absolute atomic E-state index is 0.0358. The van der Waals surface area contributed by atoms with Gasteiger partial charge in [0.1, 0.15) is 30.5 Å². The Morgan fingerprint density at radius 1 is 0.594 bits per heavy atom. The summed E-state index contributed by atoms with van der Waals surface area (Å²) in [7, 11) is -5.06. The van der Waals surface area contributed by atoms with Crippen molar-refractivity contribution in [1.29, 1.82) is 0 Å². The van der Waals surface area contributed by atoms with Gasteiger partial charge in [-0.3, -0.25) is 9.35 Å². The first-order valence-corrected chi connectivity index (χ1v) is 27.1. The van der Waals surface area contributed by atoms with Crippen molar-refractivity contribution in [2.24, 2.45) is 0 Å². The Balaban J connectivity index is 2.35. The SMILES string of the molecule is CCCCCCC/C=C\C/C=C\C/C=C\CCCCCCCCCCC(=O)OC(COCCCCCCCCCCCCCCCC)COC1OC(CO)C(O)C(OS(=O)(=O)O)C1O. The van der Waals surface area contributed by atoms with Crippen LogP contribution in [0.3, 0.4) is 0 Å². The molecule has 0 aromatic rings. The molecule has 0 aromatic heterocycles. The number of aliphatic hydroxyl groups excluding tert-OH is 3. The second-order valence-corrected chi connectivity index (χ2v) is 18.8. The Labute approximate surface area is 390 Å². The maximum absolute atomic E-state index is 12.9. The van der Waals surface area contributed by atoms with Crippen molar-refractivity contribution in [1.82, 2.24) is 0 Å². The van der Waals surface area contributed by atoms with Crippen molar-refractivity contribution in [3.63, 3.8) is 0 Å². The van der Waals surface area contributed by atoms with Gasteiger partial charge in [0.15, 0.2) is 6.29 Å². The third-order valence-corrected chi connectivity index (χ3v) is 12.2. The lowest BCUT2D eigenvalue weighted by molar-refractivity contribution is -0.301. The van der Waals surface area contributed by atoms with E-state index in [1.807, 2.05) is 0 Å². The maximum atomic E-state index is 12.9. The van der Waals surface area contributed by atoms with Crippen LogP contribution in [0.25, 0.3) is 0 Å². The monoisotopic (exact) mass is 931 g/mol. The highest BCUT2D eigenvalue weighted by Gasteiger charge is 2.48. The lowest BCUT2D eigenvalue weighted by atomic mass is 9.99. The molecule has 376 valence electrons. The molecule has 6 unspecified atom stereocenters. The van der Waals surface area contributed by atoms with Crippen LogP contribution in [0.4, 0.5) is 0 Å². The molecule has 1 rings (SSSR count). The number of unbranched alkanes of at least 4 members (excludes halogenated alkanes) is 26. The predicted molar refractivity (Wildman–Crippen MR) is 257 cm³/mol. The Morgan fingerprint density at radius 3 is 1.50 bits per heavy atom. The second kappa shape index (κ2) is 42.7. The van der Waals surface area contributed by atoms with Gasteiger partial charge in [0.25, 0.3) is 0 Å². The summed E-state index contributed by atoms with van der Waals surface area (Å²) >= 11 is 0. The fraction of sp³-hybridized carbons (Fsp3) is 0.863. The number of hydrogen-bond donors (Lipinski definition) is 4. The topological polar surface area (TPSA) is 178 Å². The summed E-state index contributed by atoms with van der Waals surface area (Å²) < 4.78 is 59.2. The molecule has 1 saturated heterocycles. The summed E-state index contributed by atoms with van der Waals surface area (Å²) in [5.41, 5.74) is 0. The molecule has 0 radical (unpaired) electrons. The maximum Gasteiger partial charge on any atom is 0.397 e. The van der Waals surface area contributed by atoms with Gasteiger partial charge in [-0.1, -0.05) is 198 Å². The lowest BCUT2D eigenvalue weighted by Crippen LogP contribution is -2.60. The molecule has 12 nitrogen and oxygen atoms in total. The van der Waals surface area contributed by atoms with E-state index in [1.54, 1.807) is 0 Å². The first-order valence-electron chi connectivity index (χ1n) is 25.7. The molecule has 0 aliphatic carbocycles. The van der Waals surface area contributed by atoms with Gasteiger partial charge in [-0.2, -0.15) is 8.42 Å². The smallest absolute Gasteiger partial charge is 0.397 e. The molecule has 1 aliphatic heterocycles. The Hall–Kier alpha value is -1.68. The molecule has 0 bridgehead atoms. The summed E-state index contributed by atoms with van der Waals surface area (Å²) in [6.07, 6.45) is 41.7. The molecule has 0 spiro atoms. The van der Waals surface area contributed by atoms with Crippen molar-refractivity contribution in [3.8, 4) is 0 Å². The number of hydrogen-bond acceptors (Lipinski definition) is 11. The molecule has 0 aromatic carbocycles. The molecule has 0 saturated carbocycles. The van der Waals surface area contributed by atoms with E-state index in [0.29, 0.717) is 13.0 Å². The molecule has 6 atom stereocenters. The number of rotatable bonds is 45. The average Bonchev–Trinajstić information content (AvgIpc) is 3.27. The zero-order valence-corrected chi connectivity index (χ0v) is 41.2. The Kier molecular flexibility index (Phi) is 40.2. The minimum Gasteiger partial charge on any atom is -0.457 e. The van der Waals surface area contributed by atoms with E-state index in [4.69, 9.17) is 18.9 Å². The van der Waals surface area contributed by atoms with Crippen LogP contribution < -0.4 is 0 Å². The minimum atomic E-state index is -5.06. The normalized spacial score (nSPS) is 20.0. The highest BCUT2D eigenvalue weighted by Crippen LogP contribution is 2.26. The largest absolute Gasteiger partial charge is 0.457 e. The number of allylic oxidation sites excluding steroid dienone is 6. The standard InChI is InChI=1S/C51H94O12S/c1-3-5-7-9-11-13-15-17-19-20-21-22-23-24-25-26-27-28-30-32-34-36-38-40-47(53)61-45(43-59-41-39-37-35-33-31-29-18-16-14-12-10-8-6-4-2)44-60-51-49(55)50(63-64(56,57)58)48(54)46(42-52)62-51/h15,17,20-21,23-24,45-46,48-52,54-55H,3-14,16,18-19,22,25-44H2,1-2H3,(H,56,57,58)/b17-15-,21-20-,24-23-. The third kappa shape index (κ3) is 35.5. The van der Waals surface area contributed by atoms with E-state index in [9.17, 15) is 33.1 Å². The van der Waals surface area contributed by atoms with Crippen molar-refractivity contribution in [3.05, 3.63) is 36.5 Å². The van der Waals surface area contributed by atoms with E-state index in [-0.39, 0.29) is 19.6 Å². The van der Waals surface area contributed by atoms with Gasteiger partial charge in [-0.25, -0.2) is 4.18 Å². The van der Waals surface area contributed by atoms with Gasteiger partial charge in [0.05, 0.1) is 19.8 Å². The second-order valence-electron chi connectivity index (χ2n) is 17.8. The van der Waals surface area contributed by atoms with E-state index < -0.39 is 59.8 Å². The third-order valence-electron chi connectivity index (χ3n) is 11.8. The highest BCUT2D eigenvalue weighted by molar-refractivity contribution is 7.80. The number of carbonyl (C=O) groups excluding carboxylic acids is 1. The molecular weight excluding hydrogens is 837 g/mol. The van der Waals surface area contributed by atoms with Crippen molar-refractivity contribution in [2.75, 3.05) is 26.4 Å². The Bertz CT molecular complexity index is 1260. The van der Waals surface area contributed by atoms with Crippen LogP contribution in [0.5, 0.6) is 0 Å². The van der Waals surface area contributed by atoms with Crippen molar-refractivity contribution < 1.29 is 56.2 Å². The lowest BCUT2D eigenvalue weighted by Gasteiger charge is -2.41. The van der Waals surface area contributed by atoms with Crippen LogP contribution in [0.15, 0.2) is 36.5 Å². The molecule has 13 heteroatoms. The first-order chi connectivity index (χ1) is 31.1. The summed E-state index contributed by atoms with van der Waals surface area (Å²) in [6, 6.07) is 0. The quantitative estimate of drug-likeness (QED) is 0.0197. The summed E-state index contributed by atoms with van der Waals surface area (Å²) in [6.45, 7) is 4.00. The van der Waals surface area contributed by atoms with Crippen LogP contribution in [-0.4, -0.2) is 97.5 Å². The number of esters is 1. The average molecular weight is 931 g/mol. The predicted octanol–water partition coefficient (Wildman–Crippen LogP) is 11.7. The molecule has 64 heavy (non-hydrogen) atoms. The van der Waals surface area contributed by atoms with Gasteiger partial charge in [-0.15, -0.1) is 0 Å². The van der Waals surface area contributed by atoms with E-state index in [2.05, 4.69) is 54.5 Å². The number of aliphatic hydroxyl groups is 3. The first kappa shape index (κ1) is 60.3. The van der Waals surface area contributed by atoms with Crippen molar-refractivity contribution >= 4 is 16.4 Å². The molecule has 1 heterocycles. The fourth-order valence-electron chi connectivity index (χ4n) is 7.86. The van der Waals surface area contributed by atoms with Gasteiger partial charge in [0, 0.05) is 13.0 Å². The zero-order chi connectivity index (χ0) is 46.8. The summed E-state index contributed by atoms with van der Waals surface area (Å²) in [4.78, 5) is 12.9. The van der Waals surface area contributed by atoms with E-state index >= 15 is 0 Å². The van der Waals surface area contributed by atoms with E-state index in [0.717, 1.165) is 57.8 Å². The van der Waals surface area contributed by atoms with Crippen molar-refractivity contribution in [2.45, 2.75) is 256 Å². The summed E-state index contributed by atoms with van der Waals surface area (Å²) in [5.74, 6) is -0.404. The molecule has 4 N–H and O–H groups in total. The number of carbonyl (C=O) groups is 1. The fourth-order valence-corrected chi connectivity index (χ4v) is 8.37. The van der Waals surface area contributed by atoms with E-state index in [1.165, 1.54) is 135 Å². The summed E-state index contributed by atoms with van der Waals surface area (Å²) in [5, 5.41) is 30.7. The van der Waals surface area contributed by atoms with Crippen LogP contribution in [0.1, 0.15) is 219 Å². The molecular formula is C51H94O12S. The molecule has 0 amide bonds. The number of ether oxygens (including phenoxy) is 4. The Morgan fingerprint density at radius 2 is 1.03 bits per heavy atom. The van der Waals surface area contributed by atoms with Gasteiger partial charge in [-0.05, 0) is 51.4 Å².